The Hall–Kier alpha value is -2.57. The first-order valence-electron chi connectivity index (χ1n) is 8.65. The molecule has 0 aliphatic heterocycles. The number of amides is 2. The second-order valence-electron chi connectivity index (χ2n) is 6.36. The van der Waals surface area contributed by atoms with Crippen LogP contribution >= 0.6 is 0 Å². The number of hydrogen-bond donors (Lipinski definition) is 1. The number of carbonyl (C=O) groups excluding carboxylic acids is 3. The Kier molecular flexibility index (Phi) is 8.61. The monoisotopic (exact) mass is 364 g/mol. The molecule has 0 aliphatic rings. The quantitative estimate of drug-likeness (QED) is 0.678. The number of nitrogens with zero attached hydrogens (tertiary/aromatic N) is 1. The molecule has 0 spiro atoms. The van der Waals surface area contributed by atoms with E-state index in [0.717, 1.165) is 0 Å². The molecule has 7 heteroatoms. The minimum Gasteiger partial charge on any atom is -0.496 e. The lowest BCUT2D eigenvalue weighted by Crippen LogP contribution is -2.44. The zero-order valence-electron chi connectivity index (χ0n) is 16.1. The summed E-state index contributed by atoms with van der Waals surface area (Å²) in [5.74, 6) is -0.648. The molecule has 0 atom stereocenters. The predicted octanol–water partition coefficient (Wildman–Crippen LogP) is 2.00. The van der Waals surface area contributed by atoms with E-state index < -0.39 is 5.97 Å². The lowest BCUT2D eigenvalue weighted by molar-refractivity contribution is -0.153. The van der Waals surface area contributed by atoms with Crippen LogP contribution in [0.4, 0.5) is 0 Å². The van der Waals surface area contributed by atoms with Crippen LogP contribution in [0.1, 0.15) is 44.5 Å². The molecule has 0 saturated heterocycles. The first-order chi connectivity index (χ1) is 12.3. The number of hydrogen-bond acceptors (Lipinski definition) is 5. The van der Waals surface area contributed by atoms with Gasteiger partial charge in [0.15, 0.2) is 6.61 Å². The topological polar surface area (TPSA) is 84.9 Å². The van der Waals surface area contributed by atoms with Crippen LogP contribution in [0.5, 0.6) is 5.75 Å². The van der Waals surface area contributed by atoms with Crippen molar-refractivity contribution >= 4 is 17.8 Å². The lowest BCUT2D eigenvalue weighted by atomic mass is 10.2. The summed E-state index contributed by atoms with van der Waals surface area (Å²) in [5.41, 5.74) is 0.392. The number of ether oxygens (including phenoxy) is 2. The highest BCUT2D eigenvalue weighted by Crippen LogP contribution is 2.16. The zero-order chi connectivity index (χ0) is 19.7. The van der Waals surface area contributed by atoms with Crippen LogP contribution in [0.3, 0.4) is 0 Å². The largest absolute Gasteiger partial charge is 0.496 e. The summed E-state index contributed by atoms with van der Waals surface area (Å²) >= 11 is 0. The molecule has 0 fully saturated rings. The molecule has 26 heavy (non-hydrogen) atoms. The number of rotatable bonds is 9. The van der Waals surface area contributed by atoms with Crippen molar-refractivity contribution in [2.24, 2.45) is 0 Å². The van der Waals surface area contributed by atoms with E-state index in [-0.39, 0.29) is 43.5 Å². The average molecular weight is 364 g/mol. The minimum absolute atomic E-state index is 0.0163. The highest BCUT2D eigenvalue weighted by atomic mass is 16.5. The van der Waals surface area contributed by atoms with Gasteiger partial charge in [0.25, 0.3) is 11.8 Å². The summed E-state index contributed by atoms with van der Waals surface area (Å²) < 4.78 is 10.1. The van der Waals surface area contributed by atoms with E-state index in [4.69, 9.17) is 9.47 Å². The Bertz CT molecular complexity index is 620. The summed E-state index contributed by atoms with van der Waals surface area (Å²) in [6.45, 7) is 7.46. The Balaban J connectivity index is 2.41. The van der Waals surface area contributed by atoms with Gasteiger partial charge in [-0.25, -0.2) is 0 Å². The van der Waals surface area contributed by atoms with Crippen LogP contribution in [0.15, 0.2) is 24.3 Å². The fourth-order valence-electron chi connectivity index (χ4n) is 2.67. The van der Waals surface area contributed by atoms with Gasteiger partial charge in [-0.1, -0.05) is 12.1 Å². The van der Waals surface area contributed by atoms with Gasteiger partial charge in [0.2, 0.25) is 0 Å². The fraction of sp³-hybridized carbons (Fsp3) is 0.526. The van der Waals surface area contributed by atoms with Gasteiger partial charge in [-0.2, -0.15) is 0 Å². The zero-order valence-corrected chi connectivity index (χ0v) is 16.1. The summed E-state index contributed by atoms with van der Waals surface area (Å²) in [5, 5.41) is 2.64. The van der Waals surface area contributed by atoms with Gasteiger partial charge in [0.1, 0.15) is 5.75 Å². The summed E-state index contributed by atoms with van der Waals surface area (Å²) in [4.78, 5) is 37.7. The van der Waals surface area contributed by atoms with Crippen molar-refractivity contribution in [2.45, 2.75) is 46.2 Å². The van der Waals surface area contributed by atoms with Crippen LogP contribution in [-0.4, -0.2) is 55.0 Å². The fourth-order valence-corrected chi connectivity index (χ4v) is 2.67. The maximum atomic E-state index is 12.1. The molecule has 1 aromatic carbocycles. The van der Waals surface area contributed by atoms with Crippen LogP contribution < -0.4 is 10.1 Å². The smallest absolute Gasteiger partial charge is 0.308 e. The standard InChI is InChI=1S/C19H28N2O5/c1-13(2)21(14(3)4)17(22)12-26-18(23)10-11-20-19(24)15-8-6-7-9-16(15)25-5/h6-9,13-14H,10-12H2,1-5H3,(H,20,24). The number of carbonyl (C=O) groups is 3. The van der Waals surface area contributed by atoms with Crippen molar-refractivity contribution in [1.29, 1.82) is 0 Å². The number of nitrogens with one attached hydrogen (secondary N) is 1. The van der Waals surface area contributed by atoms with Crippen molar-refractivity contribution in [3.63, 3.8) is 0 Å². The van der Waals surface area contributed by atoms with Crippen molar-refractivity contribution in [3.8, 4) is 5.75 Å². The molecule has 1 N–H and O–H groups in total. The maximum absolute atomic E-state index is 12.1. The molecule has 144 valence electrons. The predicted molar refractivity (Wildman–Crippen MR) is 98.0 cm³/mol. The Morgan fingerprint density at radius 3 is 2.27 bits per heavy atom. The number of methoxy groups -OCH3 is 1. The normalized spacial score (nSPS) is 10.6. The van der Waals surface area contributed by atoms with Crippen molar-refractivity contribution < 1.29 is 23.9 Å². The molecule has 0 saturated carbocycles. The minimum atomic E-state index is -0.536. The first kappa shape index (κ1) is 21.5. The van der Waals surface area contributed by atoms with E-state index in [0.29, 0.717) is 11.3 Å². The molecule has 0 radical (unpaired) electrons. The summed E-state index contributed by atoms with van der Waals surface area (Å²) in [6, 6.07) is 6.87. The van der Waals surface area contributed by atoms with Crippen molar-refractivity contribution in [1.82, 2.24) is 10.2 Å². The van der Waals surface area contributed by atoms with Crippen molar-refractivity contribution in [3.05, 3.63) is 29.8 Å². The second kappa shape index (κ2) is 10.4. The molecule has 7 nitrogen and oxygen atoms in total. The van der Waals surface area contributed by atoms with E-state index in [1.165, 1.54) is 7.11 Å². The lowest BCUT2D eigenvalue weighted by Gasteiger charge is -2.30. The molecule has 0 aliphatic carbocycles. The van der Waals surface area contributed by atoms with E-state index in [1.54, 1.807) is 29.2 Å². The third-order valence-corrected chi connectivity index (χ3v) is 3.72. The van der Waals surface area contributed by atoms with Gasteiger partial charge < -0.3 is 19.7 Å². The third-order valence-electron chi connectivity index (χ3n) is 3.72. The Morgan fingerprint density at radius 1 is 1.08 bits per heavy atom. The number of esters is 1. The highest BCUT2D eigenvalue weighted by Gasteiger charge is 2.21. The number of benzene rings is 1. The maximum Gasteiger partial charge on any atom is 0.308 e. The Labute approximate surface area is 154 Å². The average Bonchev–Trinajstić information content (AvgIpc) is 2.59. The molecule has 0 unspecified atom stereocenters. The van der Waals surface area contributed by atoms with Gasteiger partial charge in [0.05, 0.1) is 19.1 Å². The van der Waals surface area contributed by atoms with E-state index >= 15 is 0 Å². The van der Waals surface area contributed by atoms with Crippen LogP contribution in [0.25, 0.3) is 0 Å². The summed E-state index contributed by atoms with van der Waals surface area (Å²) in [7, 11) is 1.48. The molecule has 1 aromatic rings. The van der Waals surface area contributed by atoms with Gasteiger partial charge in [-0.3, -0.25) is 14.4 Å². The van der Waals surface area contributed by atoms with Crippen molar-refractivity contribution in [2.75, 3.05) is 20.3 Å². The molecule has 0 bridgehead atoms. The molecule has 1 rings (SSSR count). The molecule has 2 amide bonds. The number of para-hydroxylation sites is 1. The third kappa shape index (κ3) is 6.38. The van der Waals surface area contributed by atoms with Gasteiger partial charge in [-0.15, -0.1) is 0 Å². The van der Waals surface area contributed by atoms with Gasteiger partial charge in [0, 0.05) is 18.6 Å². The van der Waals surface area contributed by atoms with Gasteiger partial charge >= 0.3 is 5.97 Å². The first-order valence-corrected chi connectivity index (χ1v) is 8.65. The van der Waals surface area contributed by atoms with E-state index in [9.17, 15) is 14.4 Å². The van der Waals surface area contributed by atoms with E-state index in [1.807, 2.05) is 27.7 Å². The molecular formula is C19H28N2O5. The van der Waals surface area contributed by atoms with Gasteiger partial charge in [-0.05, 0) is 39.8 Å². The Morgan fingerprint density at radius 2 is 1.69 bits per heavy atom. The van der Waals surface area contributed by atoms with E-state index in [2.05, 4.69) is 5.32 Å². The molecule has 0 aromatic heterocycles. The summed E-state index contributed by atoms with van der Waals surface area (Å²) in [6.07, 6.45) is -0.0163. The van der Waals surface area contributed by atoms with Crippen LogP contribution in [0, 0.1) is 0 Å². The highest BCUT2D eigenvalue weighted by molar-refractivity contribution is 5.97. The van der Waals surface area contributed by atoms with Crippen LogP contribution in [-0.2, 0) is 14.3 Å². The SMILES string of the molecule is COc1ccccc1C(=O)NCCC(=O)OCC(=O)N(C(C)C)C(C)C. The second-order valence-corrected chi connectivity index (χ2v) is 6.36. The molecule has 0 heterocycles. The molecular weight excluding hydrogens is 336 g/mol. The van der Waals surface area contributed by atoms with Crippen LogP contribution in [0.2, 0.25) is 0 Å².